The topological polar surface area (TPSA) is 59.2 Å². The highest BCUT2D eigenvalue weighted by Gasteiger charge is 2.33. The van der Waals surface area contributed by atoms with Crippen LogP contribution >= 0.6 is 23.2 Å². The minimum absolute atomic E-state index is 0.0768. The molecule has 4 aromatic rings. The number of fused-ring (bicyclic) bond motifs is 1. The maximum atomic E-state index is 13.3. The van der Waals surface area contributed by atoms with E-state index in [1.807, 2.05) is 0 Å². The zero-order valence-electron chi connectivity index (χ0n) is 15.6. The molecule has 0 saturated heterocycles. The van der Waals surface area contributed by atoms with E-state index in [2.05, 4.69) is 4.98 Å². The van der Waals surface area contributed by atoms with Gasteiger partial charge in [0.25, 0.3) is 11.5 Å². The second kappa shape index (κ2) is 7.86. The summed E-state index contributed by atoms with van der Waals surface area (Å²) >= 11 is 12.0. The monoisotopic (exact) mass is 466 g/mol. The van der Waals surface area contributed by atoms with Crippen molar-refractivity contribution in [2.45, 2.75) is 12.7 Å². The van der Waals surface area contributed by atoms with Crippen molar-refractivity contribution in [3.05, 3.63) is 92.6 Å². The molecule has 0 radical (unpaired) electrons. The Bertz CT molecular complexity index is 1350. The van der Waals surface area contributed by atoms with Crippen molar-refractivity contribution in [3.8, 4) is 17.0 Å². The predicted molar refractivity (Wildman–Crippen MR) is 109 cm³/mol. The van der Waals surface area contributed by atoms with Gasteiger partial charge in [-0.15, -0.1) is 0 Å². The molecule has 0 aliphatic carbocycles. The van der Waals surface area contributed by atoms with Gasteiger partial charge in [0.15, 0.2) is 5.56 Å². The summed E-state index contributed by atoms with van der Waals surface area (Å²) in [6.07, 6.45) is -1.69. The van der Waals surface area contributed by atoms with Crippen LogP contribution in [-0.4, -0.2) is 14.7 Å². The van der Waals surface area contributed by atoms with Gasteiger partial charge in [-0.25, -0.2) is 9.78 Å². The number of alkyl halides is 3. The highest BCUT2D eigenvalue weighted by molar-refractivity contribution is 6.33. The third-order valence-corrected chi connectivity index (χ3v) is 5.27. The fraction of sp³-hybridized carbons (Fsp3) is 0.0952. The molecule has 3 aromatic heterocycles. The van der Waals surface area contributed by atoms with E-state index in [4.69, 9.17) is 23.2 Å². The van der Waals surface area contributed by atoms with E-state index in [0.29, 0.717) is 11.2 Å². The van der Waals surface area contributed by atoms with Crippen molar-refractivity contribution in [1.29, 1.82) is 0 Å². The molecule has 5 nitrogen and oxygen atoms in total. The second-order valence-electron chi connectivity index (χ2n) is 6.70. The Hall–Kier alpha value is -3.10. The summed E-state index contributed by atoms with van der Waals surface area (Å²) in [5.41, 5.74) is -1.29. The first-order chi connectivity index (χ1) is 14.7. The average molecular weight is 467 g/mol. The van der Waals surface area contributed by atoms with Crippen LogP contribution in [0, 0.1) is 0 Å². The Morgan fingerprint density at radius 2 is 1.87 bits per heavy atom. The van der Waals surface area contributed by atoms with Crippen LogP contribution in [0.1, 0.15) is 11.1 Å². The fourth-order valence-electron chi connectivity index (χ4n) is 3.25. The maximum absolute atomic E-state index is 13.3. The van der Waals surface area contributed by atoms with Gasteiger partial charge in [0.05, 0.1) is 11.8 Å². The molecule has 0 aliphatic rings. The smallest absolute Gasteiger partial charge is 0.416 e. The molecular formula is C21H13Cl2F3N3O2+. The summed E-state index contributed by atoms with van der Waals surface area (Å²) in [4.78, 5) is 17.1. The van der Waals surface area contributed by atoms with E-state index in [0.717, 1.165) is 18.2 Å². The highest BCUT2D eigenvalue weighted by atomic mass is 35.5. The lowest BCUT2D eigenvalue weighted by atomic mass is 10.0. The second-order valence-corrected chi connectivity index (χ2v) is 7.49. The quantitative estimate of drug-likeness (QED) is 0.350. The Morgan fingerprint density at radius 3 is 2.55 bits per heavy atom. The van der Waals surface area contributed by atoms with Crippen molar-refractivity contribution < 1.29 is 22.7 Å². The zero-order chi connectivity index (χ0) is 22.3. The predicted octanol–water partition coefficient (Wildman–Crippen LogP) is 4.73. The molecule has 1 N–H and O–H groups in total. The van der Waals surface area contributed by atoms with Gasteiger partial charge in [-0.3, -0.25) is 0 Å². The summed E-state index contributed by atoms with van der Waals surface area (Å²) in [6.45, 7) is 0.0768. The molecule has 0 fully saturated rings. The lowest BCUT2D eigenvalue weighted by Gasteiger charge is -2.13. The Morgan fingerprint density at radius 1 is 1.10 bits per heavy atom. The maximum Gasteiger partial charge on any atom is 0.416 e. The number of benzene rings is 1. The van der Waals surface area contributed by atoms with E-state index in [1.165, 1.54) is 21.4 Å². The summed E-state index contributed by atoms with van der Waals surface area (Å²) in [7, 11) is 0. The lowest BCUT2D eigenvalue weighted by molar-refractivity contribution is -0.532. The molecule has 31 heavy (non-hydrogen) atoms. The molecule has 0 unspecified atom stereocenters. The third-order valence-electron chi connectivity index (χ3n) is 4.72. The lowest BCUT2D eigenvalue weighted by Crippen LogP contribution is -2.43. The van der Waals surface area contributed by atoms with Gasteiger partial charge in [-0.1, -0.05) is 35.3 Å². The molecule has 0 saturated carbocycles. The number of pyridine rings is 2. The SMILES string of the molecule is O=c1c(-c2cc(C(F)(F)F)ccc2Cl)c(O)n(Cc2ccc(Cl)nc2)c2cccc[n+]12. The molecule has 0 spiro atoms. The summed E-state index contributed by atoms with van der Waals surface area (Å²) < 4.78 is 42.4. The molecule has 158 valence electrons. The zero-order valence-corrected chi connectivity index (χ0v) is 17.1. The number of rotatable bonds is 3. The highest BCUT2D eigenvalue weighted by Crippen LogP contribution is 2.37. The van der Waals surface area contributed by atoms with Crippen LogP contribution in [0.15, 0.2) is 65.7 Å². The average Bonchev–Trinajstić information content (AvgIpc) is 2.73. The molecule has 0 bridgehead atoms. The van der Waals surface area contributed by atoms with Crippen molar-refractivity contribution >= 4 is 28.8 Å². The van der Waals surface area contributed by atoms with Gasteiger partial charge in [-0.2, -0.15) is 22.1 Å². The molecule has 0 aliphatic heterocycles. The van der Waals surface area contributed by atoms with E-state index < -0.39 is 23.2 Å². The largest absolute Gasteiger partial charge is 0.477 e. The number of aromatic nitrogens is 3. The number of hydrogen-bond donors (Lipinski definition) is 1. The molecular weight excluding hydrogens is 454 g/mol. The van der Waals surface area contributed by atoms with Crippen LogP contribution < -0.4 is 9.96 Å². The molecule has 0 amide bonds. The van der Waals surface area contributed by atoms with Crippen LogP contribution in [0.4, 0.5) is 13.2 Å². The van der Waals surface area contributed by atoms with Crippen LogP contribution in [0.2, 0.25) is 10.2 Å². The van der Waals surface area contributed by atoms with E-state index in [9.17, 15) is 23.1 Å². The van der Waals surface area contributed by atoms with Gasteiger partial charge in [0, 0.05) is 28.4 Å². The van der Waals surface area contributed by atoms with E-state index >= 15 is 0 Å². The minimum atomic E-state index is -4.65. The van der Waals surface area contributed by atoms with Crippen LogP contribution in [0.25, 0.3) is 16.8 Å². The first kappa shape index (κ1) is 21.1. The van der Waals surface area contributed by atoms with Crippen molar-refractivity contribution in [2.75, 3.05) is 0 Å². The van der Waals surface area contributed by atoms with E-state index in [1.54, 1.807) is 30.3 Å². The van der Waals surface area contributed by atoms with E-state index in [-0.39, 0.29) is 27.8 Å². The van der Waals surface area contributed by atoms with Crippen molar-refractivity contribution in [2.24, 2.45) is 0 Å². The number of hydrogen-bond acceptors (Lipinski definition) is 3. The molecule has 3 heterocycles. The Balaban J connectivity index is 2.02. The Labute approximate surface area is 183 Å². The van der Waals surface area contributed by atoms with Crippen LogP contribution in [0.5, 0.6) is 5.88 Å². The van der Waals surface area contributed by atoms with Crippen molar-refractivity contribution in [1.82, 2.24) is 9.55 Å². The summed E-state index contributed by atoms with van der Waals surface area (Å²) in [6, 6.07) is 10.7. The summed E-state index contributed by atoms with van der Waals surface area (Å²) in [5, 5.41) is 11.2. The minimum Gasteiger partial charge on any atom is -0.477 e. The standard InChI is InChI=1S/C21H12Cl2F3N3O2/c22-15-6-5-13(21(24,25)26)9-14(15)18-19(30)28-8-2-1-3-17(28)29(20(18)31)11-12-4-7-16(23)27-10-12/h1-10H,11H2/p+1. The summed E-state index contributed by atoms with van der Waals surface area (Å²) in [5.74, 6) is -0.521. The molecule has 4 rings (SSSR count). The molecule has 0 atom stereocenters. The number of halogens is 5. The van der Waals surface area contributed by atoms with Crippen molar-refractivity contribution in [3.63, 3.8) is 0 Å². The fourth-order valence-corrected chi connectivity index (χ4v) is 3.58. The van der Waals surface area contributed by atoms with Gasteiger partial charge in [0.2, 0.25) is 0 Å². The van der Waals surface area contributed by atoms with Gasteiger partial charge in [0.1, 0.15) is 11.7 Å². The third kappa shape index (κ3) is 3.96. The molecule has 10 heteroatoms. The molecule has 1 aromatic carbocycles. The van der Waals surface area contributed by atoms with Crippen LogP contribution in [0.3, 0.4) is 0 Å². The van der Waals surface area contributed by atoms with Gasteiger partial charge >= 0.3 is 11.7 Å². The normalized spacial score (nSPS) is 11.8. The van der Waals surface area contributed by atoms with Crippen LogP contribution in [-0.2, 0) is 12.7 Å². The number of nitrogens with zero attached hydrogens (tertiary/aromatic N) is 3. The van der Waals surface area contributed by atoms with Gasteiger partial charge < -0.3 is 5.11 Å². The first-order valence-electron chi connectivity index (χ1n) is 8.90. The number of aromatic hydroxyl groups is 1. The van der Waals surface area contributed by atoms with Gasteiger partial charge in [-0.05, 0) is 30.3 Å². The first-order valence-corrected chi connectivity index (χ1v) is 9.66. The Kier molecular flexibility index (Phi) is 5.36.